The third kappa shape index (κ3) is 4.02. The Hall–Kier alpha value is -3.20. The van der Waals surface area contributed by atoms with Crippen molar-refractivity contribution in [3.8, 4) is 11.1 Å². The molecule has 0 radical (unpaired) electrons. The Balaban J connectivity index is 1.46. The summed E-state index contributed by atoms with van der Waals surface area (Å²) in [5.74, 6) is 0. The number of anilines is 1. The molecule has 1 unspecified atom stereocenters. The second-order valence-corrected chi connectivity index (χ2v) is 20.9. The summed E-state index contributed by atoms with van der Waals surface area (Å²) in [6.45, 7) is 4.75. The monoisotopic (exact) mass is 620 g/mol. The van der Waals surface area contributed by atoms with Crippen molar-refractivity contribution < 1.29 is 0 Å². The Morgan fingerprint density at radius 1 is 0.684 bits per heavy atom. The van der Waals surface area contributed by atoms with E-state index in [1.807, 2.05) is 0 Å². The van der Waals surface area contributed by atoms with Crippen LogP contribution >= 0.6 is 26.9 Å². The van der Waals surface area contributed by atoms with E-state index in [2.05, 4.69) is 162 Å². The van der Waals surface area contributed by atoms with Crippen LogP contribution in [0.5, 0.6) is 0 Å². The number of benzene rings is 5. The maximum atomic E-state index is 3.96. The van der Waals surface area contributed by atoms with Crippen LogP contribution in [0.25, 0.3) is 33.5 Å². The maximum Gasteiger partial charge on any atom is 0.160 e. The molecule has 5 aromatic carbocycles. The van der Waals surface area contributed by atoms with Crippen LogP contribution in [-0.4, -0.2) is 13.3 Å². The summed E-state index contributed by atoms with van der Waals surface area (Å²) in [5.41, 5.74) is 11.6. The van der Waals surface area contributed by atoms with Crippen molar-refractivity contribution in [3.05, 3.63) is 143 Å². The number of fused-ring (bicyclic) bond motifs is 6. The molecule has 0 amide bonds. The van der Waals surface area contributed by atoms with Crippen molar-refractivity contribution in [3.63, 3.8) is 0 Å². The van der Waals surface area contributed by atoms with Crippen molar-refractivity contribution in [1.82, 2.24) is 0 Å². The van der Waals surface area contributed by atoms with Gasteiger partial charge in [0, 0.05) is 10.9 Å². The first-order chi connectivity index (χ1) is 18.5. The zero-order valence-electron chi connectivity index (χ0n) is 21.4. The van der Waals surface area contributed by atoms with Crippen LogP contribution in [0.15, 0.2) is 121 Å². The highest BCUT2D eigenvalue weighted by atomic mass is 127. The average molecular weight is 620 g/mol. The lowest BCUT2D eigenvalue weighted by atomic mass is 9.78. The highest BCUT2D eigenvalue weighted by molar-refractivity contribution is 14.2. The summed E-state index contributed by atoms with van der Waals surface area (Å²) < 4.78 is 0. The molecule has 3 heteroatoms. The quantitative estimate of drug-likeness (QED) is 0.156. The second-order valence-electron chi connectivity index (χ2n) is 10.5. The molecule has 0 fully saturated rings. The number of nitrogens with one attached hydrogen (secondary N) is 1. The van der Waals surface area contributed by atoms with Gasteiger partial charge < -0.3 is 5.32 Å². The van der Waals surface area contributed by atoms with E-state index in [1.54, 1.807) is 0 Å². The molecule has 1 aliphatic carbocycles. The average Bonchev–Trinajstić information content (AvgIpc) is 2.95. The van der Waals surface area contributed by atoms with Crippen LogP contribution in [0.1, 0.15) is 28.3 Å². The molecular formula is C35H28INP+. The highest BCUT2D eigenvalue weighted by Crippen LogP contribution is 2.59. The lowest BCUT2D eigenvalue weighted by Gasteiger charge is -2.35. The summed E-state index contributed by atoms with van der Waals surface area (Å²) >= 11 is 2.64. The third-order valence-electron chi connectivity index (χ3n) is 7.78. The normalized spacial score (nSPS) is 16.0. The topological polar surface area (TPSA) is 12.0 Å². The van der Waals surface area contributed by atoms with E-state index in [0.29, 0.717) is 0 Å². The molecule has 1 N–H and O–H groups in total. The zero-order valence-corrected chi connectivity index (χ0v) is 24.5. The van der Waals surface area contributed by atoms with Gasteiger partial charge in [0.05, 0.1) is 25.1 Å². The molecular weight excluding hydrogens is 592 g/mol. The van der Waals surface area contributed by atoms with Gasteiger partial charge >= 0.3 is 0 Å². The van der Waals surface area contributed by atoms with Crippen molar-refractivity contribution >= 4 is 60.4 Å². The summed E-state index contributed by atoms with van der Waals surface area (Å²) in [6.07, 6.45) is 4.60. The molecule has 1 atom stereocenters. The number of hydrogen-bond acceptors (Lipinski definition) is 1. The first kappa shape index (κ1) is 23.9. The third-order valence-corrected chi connectivity index (χ3v) is 11.0. The predicted molar refractivity (Wildman–Crippen MR) is 176 cm³/mol. The van der Waals surface area contributed by atoms with Crippen molar-refractivity contribution in [2.45, 2.75) is 6.04 Å². The Morgan fingerprint density at radius 2 is 1.42 bits per heavy atom. The summed E-state index contributed by atoms with van der Waals surface area (Å²) in [6, 6.07) is 40.4. The molecule has 2 aliphatic rings. The van der Waals surface area contributed by atoms with Crippen LogP contribution < -0.4 is 10.6 Å². The molecule has 38 heavy (non-hydrogen) atoms. The van der Waals surface area contributed by atoms with E-state index < -0.39 is 4.90 Å². The molecule has 0 bridgehead atoms. The van der Waals surface area contributed by atoms with Gasteiger partial charge in [-0.15, -0.1) is 0 Å². The van der Waals surface area contributed by atoms with Gasteiger partial charge in [-0.3, -0.25) is 0 Å². The van der Waals surface area contributed by atoms with Gasteiger partial charge in [-0.25, -0.2) is 0 Å². The molecule has 184 valence electrons. The Labute approximate surface area is 238 Å². The van der Waals surface area contributed by atoms with Gasteiger partial charge in [0.2, 0.25) is 0 Å². The van der Waals surface area contributed by atoms with Crippen LogP contribution in [0.3, 0.4) is 0 Å². The number of hydrogen-bond donors (Lipinski definition) is 1. The van der Waals surface area contributed by atoms with Crippen LogP contribution in [0.4, 0.5) is 5.69 Å². The number of rotatable bonds is 3. The van der Waals surface area contributed by atoms with E-state index in [0.717, 1.165) is 0 Å². The van der Waals surface area contributed by atoms with Gasteiger partial charge in [-0.05, 0) is 62.5 Å². The first-order valence-corrected chi connectivity index (χ1v) is 18.5. The highest BCUT2D eigenvalue weighted by Gasteiger charge is 2.31. The van der Waals surface area contributed by atoms with Gasteiger partial charge in [-0.2, -0.15) is 0 Å². The molecule has 7 rings (SSSR count). The van der Waals surface area contributed by atoms with Crippen molar-refractivity contribution in [2.75, 3.05) is 18.6 Å². The van der Waals surface area contributed by atoms with Crippen LogP contribution in [0, 0.1) is 0 Å². The molecule has 0 aromatic heterocycles. The molecule has 1 nitrogen and oxygen atoms in total. The summed E-state index contributed by atoms with van der Waals surface area (Å²) in [7, 11) is 0. The van der Waals surface area contributed by atoms with Crippen molar-refractivity contribution in [2.24, 2.45) is 0 Å². The Morgan fingerprint density at radius 3 is 2.29 bits per heavy atom. The lowest BCUT2D eigenvalue weighted by molar-refractivity contribution is 0.920. The minimum atomic E-state index is -1.13. The summed E-state index contributed by atoms with van der Waals surface area (Å²) in [4.78, 5) is -1.13. The zero-order chi connectivity index (χ0) is 25.9. The SMILES string of the molecule is C[P+](C)(I)c1cccc(-c2cccc(C3=C4C=Cc5ccccc5C4Nc4c3ccc3ccccc43)c2)c1. The molecule has 1 heterocycles. The number of halogens is 1. The smallest absolute Gasteiger partial charge is 0.160 e. The molecule has 0 saturated carbocycles. The minimum absolute atomic E-state index is 0.112. The van der Waals surface area contributed by atoms with Crippen LogP contribution in [0.2, 0.25) is 0 Å². The van der Waals surface area contributed by atoms with E-state index in [-0.39, 0.29) is 6.04 Å². The second kappa shape index (κ2) is 9.22. The van der Waals surface area contributed by atoms with Crippen molar-refractivity contribution in [1.29, 1.82) is 0 Å². The Bertz CT molecular complexity index is 1790. The van der Waals surface area contributed by atoms with E-state index in [9.17, 15) is 0 Å². The molecule has 0 spiro atoms. The van der Waals surface area contributed by atoms with Gasteiger partial charge in [0.15, 0.2) is 22.0 Å². The van der Waals surface area contributed by atoms with Gasteiger partial charge in [0.1, 0.15) is 10.2 Å². The van der Waals surface area contributed by atoms with E-state index >= 15 is 0 Å². The Kier molecular flexibility index (Phi) is 5.80. The fraction of sp³-hybridized carbons (Fsp3) is 0.0857. The molecule has 5 aromatic rings. The molecule has 0 saturated heterocycles. The standard InChI is InChI=1S/C35H28INP/c1-38(2,36)28-14-8-12-26(22-28)25-11-7-13-27(21-25)33-31-19-17-23-9-3-5-15-29(23)34(31)37-35-30-16-6-4-10-24(30)18-20-32(33)35/h3-22,34,37H,1-2H3/q+1. The largest absolute Gasteiger partial charge is 0.373 e. The minimum Gasteiger partial charge on any atom is -0.373 e. The lowest BCUT2D eigenvalue weighted by Crippen LogP contribution is -2.22. The predicted octanol–water partition coefficient (Wildman–Crippen LogP) is 9.75. The summed E-state index contributed by atoms with van der Waals surface area (Å²) in [5, 5.41) is 7.94. The van der Waals surface area contributed by atoms with Gasteiger partial charge in [-0.1, -0.05) is 103 Å². The fourth-order valence-corrected chi connectivity index (χ4v) is 7.67. The molecule has 1 aliphatic heterocycles. The van der Waals surface area contributed by atoms with E-state index in [4.69, 9.17) is 0 Å². The fourth-order valence-electron chi connectivity index (χ4n) is 5.88. The first-order valence-electron chi connectivity index (χ1n) is 13.0. The maximum absolute atomic E-state index is 3.96. The van der Waals surface area contributed by atoms with E-state index in [1.165, 1.54) is 66.3 Å². The van der Waals surface area contributed by atoms with Crippen LogP contribution in [-0.2, 0) is 0 Å². The van der Waals surface area contributed by atoms with Gasteiger partial charge in [0.25, 0.3) is 0 Å².